The molecule has 16 heavy (non-hydrogen) atoms. The number of carbonyl (C=O) groups excluding carboxylic acids is 1. The third-order valence-corrected chi connectivity index (χ3v) is 1.89. The smallest absolute Gasteiger partial charge is 0.365 e. The first-order chi connectivity index (χ1) is 7.34. The molecule has 0 fully saturated rings. The van der Waals surface area contributed by atoms with Gasteiger partial charge in [-0.15, -0.1) is 0 Å². The minimum absolute atomic E-state index is 0.0522. The van der Waals surface area contributed by atoms with Crippen molar-refractivity contribution in [3.63, 3.8) is 0 Å². The molecule has 1 aromatic rings. The van der Waals surface area contributed by atoms with E-state index < -0.39 is 28.6 Å². The number of nitrogens with two attached hydrogens (primary N) is 1. The largest absolute Gasteiger partial charge is 0.372 e. The molecular weight excluding hydrogens is 224 g/mol. The summed E-state index contributed by atoms with van der Waals surface area (Å²) in [7, 11) is 0. The second-order valence-electron chi connectivity index (χ2n) is 2.96. The van der Waals surface area contributed by atoms with E-state index in [1.807, 2.05) is 0 Å². The Kier molecular flexibility index (Phi) is 3.11. The number of alkyl halides is 2. The minimum atomic E-state index is -3.09. The zero-order chi connectivity index (χ0) is 12.5. The van der Waals surface area contributed by atoms with Crippen LogP contribution in [0.2, 0.25) is 0 Å². The zero-order valence-corrected chi connectivity index (χ0v) is 8.11. The molecule has 0 spiro atoms. The van der Waals surface area contributed by atoms with Gasteiger partial charge in [0, 0.05) is 6.92 Å². The van der Waals surface area contributed by atoms with Crippen LogP contribution in [-0.2, 0) is 0 Å². The molecule has 1 rings (SSSR count). The molecule has 86 valence electrons. The molecule has 0 aromatic carbocycles. The Balaban J connectivity index is 3.49. The Morgan fingerprint density at radius 3 is 2.56 bits per heavy atom. The van der Waals surface area contributed by atoms with Crippen molar-refractivity contribution in [3.8, 4) is 0 Å². The van der Waals surface area contributed by atoms with Crippen LogP contribution in [0, 0.1) is 17.0 Å². The zero-order valence-electron chi connectivity index (χ0n) is 8.11. The fraction of sp³-hybridized carbons (Fsp3) is 0.250. The van der Waals surface area contributed by atoms with Crippen LogP contribution in [0.3, 0.4) is 0 Å². The van der Waals surface area contributed by atoms with E-state index in [1.165, 1.54) is 6.92 Å². The van der Waals surface area contributed by atoms with Gasteiger partial charge in [-0.3, -0.25) is 4.79 Å². The van der Waals surface area contributed by atoms with Crippen LogP contribution < -0.4 is 5.73 Å². The summed E-state index contributed by atoms with van der Waals surface area (Å²) in [6.07, 6.45) is -3.09. The number of carbonyl (C=O) groups is 1. The minimum Gasteiger partial charge on any atom is -0.365 e. The lowest BCUT2D eigenvalue weighted by Crippen LogP contribution is -2.15. The monoisotopic (exact) mass is 231 g/mol. The van der Waals surface area contributed by atoms with Crippen LogP contribution in [-0.4, -0.2) is 15.8 Å². The van der Waals surface area contributed by atoms with Crippen LogP contribution in [0.15, 0.2) is 6.07 Å². The highest BCUT2D eigenvalue weighted by atomic mass is 19.3. The fourth-order valence-corrected chi connectivity index (χ4v) is 1.16. The van der Waals surface area contributed by atoms with Gasteiger partial charge in [-0.05, 0) is 16.0 Å². The summed E-state index contributed by atoms with van der Waals surface area (Å²) in [6, 6.07) is 0.702. The van der Waals surface area contributed by atoms with E-state index in [1.54, 1.807) is 0 Å². The summed E-state index contributed by atoms with van der Waals surface area (Å²) >= 11 is 0. The van der Waals surface area contributed by atoms with Gasteiger partial charge in [0.2, 0.25) is 0 Å². The average molecular weight is 231 g/mol. The van der Waals surface area contributed by atoms with E-state index >= 15 is 0 Å². The lowest BCUT2D eigenvalue weighted by atomic mass is 10.1. The number of amides is 1. The van der Waals surface area contributed by atoms with Crippen molar-refractivity contribution >= 4 is 11.7 Å². The lowest BCUT2D eigenvalue weighted by Gasteiger charge is -2.04. The SMILES string of the molecule is Cc1nc([N+](=O)[O-])c(C(F)F)cc1C(N)=O. The van der Waals surface area contributed by atoms with Gasteiger partial charge in [0.25, 0.3) is 12.3 Å². The number of aromatic nitrogens is 1. The summed E-state index contributed by atoms with van der Waals surface area (Å²) in [5, 5.41) is 10.5. The Morgan fingerprint density at radius 1 is 1.62 bits per heavy atom. The number of primary amides is 1. The van der Waals surface area contributed by atoms with E-state index in [0.29, 0.717) is 6.07 Å². The summed E-state index contributed by atoms with van der Waals surface area (Å²) in [5.74, 6) is -1.92. The predicted octanol–water partition coefficient (Wildman–Crippen LogP) is 1.33. The van der Waals surface area contributed by atoms with Gasteiger partial charge in [-0.1, -0.05) is 0 Å². The highest BCUT2D eigenvalue weighted by Gasteiger charge is 2.27. The van der Waals surface area contributed by atoms with Crippen molar-refractivity contribution in [1.29, 1.82) is 0 Å². The Hall–Kier alpha value is -2.12. The molecule has 6 nitrogen and oxygen atoms in total. The summed E-state index contributed by atoms with van der Waals surface area (Å²) in [5.41, 5.74) is 3.70. The Bertz CT molecular complexity index is 462. The van der Waals surface area contributed by atoms with Crippen LogP contribution in [0.5, 0.6) is 0 Å². The molecule has 1 heterocycles. The maximum Gasteiger partial charge on any atom is 0.372 e. The van der Waals surface area contributed by atoms with Crippen molar-refractivity contribution < 1.29 is 18.5 Å². The Labute approximate surface area is 88.2 Å². The number of nitrogens with zero attached hydrogens (tertiary/aromatic N) is 2. The highest BCUT2D eigenvalue weighted by molar-refractivity contribution is 5.94. The van der Waals surface area contributed by atoms with Gasteiger partial charge in [-0.2, -0.15) is 0 Å². The fourth-order valence-electron chi connectivity index (χ4n) is 1.16. The molecule has 0 radical (unpaired) electrons. The summed E-state index contributed by atoms with van der Waals surface area (Å²) in [6.45, 7) is 1.28. The quantitative estimate of drug-likeness (QED) is 0.626. The molecule has 0 unspecified atom stereocenters. The molecule has 8 heteroatoms. The van der Waals surface area contributed by atoms with Crippen molar-refractivity contribution in [2.75, 3.05) is 0 Å². The topological polar surface area (TPSA) is 99.1 Å². The van der Waals surface area contributed by atoms with Gasteiger partial charge in [0.1, 0.15) is 5.56 Å². The summed E-state index contributed by atoms with van der Waals surface area (Å²) in [4.78, 5) is 23.6. The molecule has 0 aliphatic carbocycles. The normalized spacial score (nSPS) is 10.5. The molecule has 0 bridgehead atoms. The predicted molar refractivity (Wildman–Crippen MR) is 49.1 cm³/mol. The van der Waals surface area contributed by atoms with Crippen LogP contribution in [0.25, 0.3) is 0 Å². The third kappa shape index (κ3) is 2.10. The molecule has 0 atom stereocenters. The first kappa shape index (κ1) is 12.0. The number of hydrogen-bond acceptors (Lipinski definition) is 4. The van der Waals surface area contributed by atoms with Crippen molar-refractivity contribution in [2.45, 2.75) is 13.3 Å². The highest BCUT2D eigenvalue weighted by Crippen LogP contribution is 2.28. The van der Waals surface area contributed by atoms with Gasteiger partial charge in [-0.25, -0.2) is 8.78 Å². The average Bonchev–Trinajstić information content (AvgIpc) is 2.15. The van der Waals surface area contributed by atoms with Gasteiger partial charge >= 0.3 is 5.82 Å². The maximum atomic E-state index is 12.5. The first-order valence-corrected chi connectivity index (χ1v) is 4.08. The second-order valence-corrected chi connectivity index (χ2v) is 2.96. The molecule has 2 N–H and O–H groups in total. The van der Waals surface area contributed by atoms with E-state index in [2.05, 4.69) is 4.98 Å². The standard InChI is InChI=1S/C8H7F2N3O3/c1-3-4(7(11)14)2-5(6(9)10)8(12-3)13(15)16/h2,6H,1H3,(H2,11,14). The lowest BCUT2D eigenvalue weighted by molar-refractivity contribution is -0.391. The second kappa shape index (κ2) is 4.17. The number of halogens is 2. The van der Waals surface area contributed by atoms with Crippen molar-refractivity contribution in [3.05, 3.63) is 33.0 Å². The molecule has 0 saturated carbocycles. The molecule has 0 saturated heterocycles. The van der Waals surface area contributed by atoms with Crippen molar-refractivity contribution in [2.24, 2.45) is 5.73 Å². The van der Waals surface area contributed by atoms with Crippen LogP contribution in [0.1, 0.15) is 28.0 Å². The number of nitro groups is 1. The Morgan fingerprint density at radius 2 is 2.19 bits per heavy atom. The molecule has 0 aliphatic rings. The van der Waals surface area contributed by atoms with Gasteiger partial charge < -0.3 is 15.8 Å². The molecule has 1 amide bonds. The maximum absolute atomic E-state index is 12.5. The summed E-state index contributed by atoms with van der Waals surface area (Å²) < 4.78 is 24.9. The third-order valence-electron chi connectivity index (χ3n) is 1.89. The molecule has 0 aliphatic heterocycles. The number of pyridine rings is 1. The van der Waals surface area contributed by atoms with E-state index in [-0.39, 0.29) is 11.3 Å². The number of aryl methyl sites for hydroxylation is 1. The van der Waals surface area contributed by atoms with Gasteiger partial charge in [0.05, 0.1) is 5.56 Å². The van der Waals surface area contributed by atoms with Gasteiger partial charge in [0.15, 0.2) is 5.69 Å². The van der Waals surface area contributed by atoms with Crippen molar-refractivity contribution in [1.82, 2.24) is 4.98 Å². The van der Waals surface area contributed by atoms with E-state index in [0.717, 1.165) is 0 Å². The first-order valence-electron chi connectivity index (χ1n) is 4.08. The van der Waals surface area contributed by atoms with Crippen LogP contribution in [0.4, 0.5) is 14.6 Å². The van der Waals surface area contributed by atoms with E-state index in [4.69, 9.17) is 5.73 Å². The number of hydrogen-bond donors (Lipinski definition) is 1. The van der Waals surface area contributed by atoms with E-state index in [9.17, 15) is 23.7 Å². The molecular formula is C8H7F2N3O3. The molecule has 1 aromatic heterocycles. The van der Waals surface area contributed by atoms with Crippen LogP contribution >= 0.6 is 0 Å². The number of rotatable bonds is 3.